The number of benzene rings is 2. The zero-order valence-corrected chi connectivity index (χ0v) is 18.8. The summed E-state index contributed by atoms with van der Waals surface area (Å²) in [6.45, 7) is 4.03. The van der Waals surface area contributed by atoms with Crippen LogP contribution in [0.2, 0.25) is 0 Å². The summed E-state index contributed by atoms with van der Waals surface area (Å²) in [5.41, 5.74) is 9.19. The molecule has 4 nitrogen and oxygen atoms in total. The molecule has 0 unspecified atom stereocenters. The van der Waals surface area contributed by atoms with Crippen molar-refractivity contribution in [1.82, 2.24) is 9.97 Å². The summed E-state index contributed by atoms with van der Waals surface area (Å²) in [5, 5.41) is 10.3. The Morgan fingerprint density at radius 1 is 0.893 bits per heavy atom. The molecule has 0 radical (unpaired) electrons. The number of hydrogen-bond donors (Lipinski definition) is 1. The molecule has 0 spiro atoms. The summed E-state index contributed by atoms with van der Waals surface area (Å²) in [4.78, 5) is 9.30. The van der Waals surface area contributed by atoms with Gasteiger partial charge in [0.1, 0.15) is 5.01 Å². The van der Waals surface area contributed by atoms with Crippen molar-refractivity contribution < 1.29 is 0 Å². The number of rotatable bonds is 5. The van der Waals surface area contributed by atoms with E-state index in [4.69, 9.17) is 0 Å². The lowest BCUT2D eigenvalue weighted by Crippen LogP contribution is -2.00. The van der Waals surface area contributed by atoms with Gasteiger partial charge in [-0.3, -0.25) is 5.43 Å². The maximum absolute atomic E-state index is 4.68. The lowest BCUT2D eigenvalue weighted by Gasteiger charge is -1.99. The monoisotopic (exact) mass is 470 g/mol. The Hall–Kier alpha value is -2.35. The van der Waals surface area contributed by atoms with Crippen LogP contribution >= 0.6 is 39.7 Å². The van der Waals surface area contributed by atoms with E-state index in [1.165, 1.54) is 5.56 Å². The fraction of sp³-hybridized carbons (Fsp3) is 0.0952. The van der Waals surface area contributed by atoms with Crippen molar-refractivity contribution >= 4 is 50.5 Å². The van der Waals surface area contributed by atoms with Crippen molar-refractivity contribution in [3.63, 3.8) is 0 Å². The smallest absolute Gasteiger partial charge is 0.203 e. The molecule has 142 valence electrons. The van der Waals surface area contributed by atoms with Gasteiger partial charge in [0.15, 0.2) is 0 Å². The molecule has 0 fully saturated rings. The van der Waals surface area contributed by atoms with Crippen molar-refractivity contribution in [2.45, 2.75) is 13.8 Å². The van der Waals surface area contributed by atoms with Gasteiger partial charge in [0.05, 0.1) is 17.1 Å². The Balaban J connectivity index is 0.00000225. The molecule has 0 atom stereocenters. The van der Waals surface area contributed by atoms with E-state index in [1.807, 2.05) is 35.9 Å². The minimum Gasteiger partial charge on any atom is -0.252 e. The minimum absolute atomic E-state index is 0. The number of halogens is 1. The molecule has 4 rings (SSSR count). The first-order valence-corrected chi connectivity index (χ1v) is 10.3. The summed E-state index contributed by atoms with van der Waals surface area (Å²) in [5.74, 6) is 0. The number of nitrogens with zero attached hydrogens (tertiary/aromatic N) is 3. The normalized spacial score (nSPS) is 11.1. The molecule has 2 heterocycles. The minimum atomic E-state index is 0. The van der Waals surface area contributed by atoms with Crippen LogP contribution in [0.3, 0.4) is 0 Å². The average Bonchev–Trinajstić information content (AvgIpc) is 3.37. The Kier molecular flexibility index (Phi) is 6.72. The highest BCUT2D eigenvalue weighted by Gasteiger charge is 2.08. The molecule has 0 amide bonds. The number of anilines is 1. The summed E-state index contributed by atoms with van der Waals surface area (Å²) in [6, 6.07) is 18.5. The van der Waals surface area contributed by atoms with Gasteiger partial charge in [-0.1, -0.05) is 60.2 Å². The predicted octanol–water partition coefficient (Wildman–Crippen LogP) is 6.66. The van der Waals surface area contributed by atoms with Gasteiger partial charge in [0, 0.05) is 21.9 Å². The van der Waals surface area contributed by atoms with E-state index >= 15 is 0 Å². The van der Waals surface area contributed by atoms with Gasteiger partial charge < -0.3 is 0 Å². The van der Waals surface area contributed by atoms with Crippen LogP contribution < -0.4 is 5.43 Å². The van der Waals surface area contributed by atoms with E-state index in [-0.39, 0.29) is 17.0 Å². The van der Waals surface area contributed by atoms with Crippen LogP contribution in [0.4, 0.5) is 5.13 Å². The topological polar surface area (TPSA) is 50.2 Å². The first kappa shape index (κ1) is 20.4. The van der Waals surface area contributed by atoms with Crippen LogP contribution in [0.1, 0.15) is 18.2 Å². The number of hydrazone groups is 1. The maximum Gasteiger partial charge on any atom is 0.203 e. The average molecular weight is 471 g/mol. The molecule has 0 aliphatic heterocycles. The highest BCUT2D eigenvalue weighted by molar-refractivity contribution is 8.93. The molecule has 2 aromatic heterocycles. The first-order valence-electron chi connectivity index (χ1n) is 8.53. The van der Waals surface area contributed by atoms with Crippen LogP contribution in [0.15, 0.2) is 70.5 Å². The summed E-state index contributed by atoms with van der Waals surface area (Å²) < 4.78 is 0. The molecule has 2 aromatic carbocycles. The van der Waals surface area contributed by atoms with E-state index in [0.717, 1.165) is 38.4 Å². The zero-order valence-electron chi connectivity index (χ0n) is 15.4. The summed E-state index contributed by atoms with van der Waals surface area (Å²) in [7, 11) is 0. The highest BCUT2D eigenvalue weighted by atomic mass is 79.9. The second kappa shape index (κ2) is 9.23. The van der Waals surface area contributed by atoms with E-state index < -0.39 is 0 Å². The Bertz CT molecular complexity index is 1070. The third-order valence-electron chi connectivity index (χ3n) is 4.07. The second-order valence-corrected chi connectivity index (χ2v) is 7.83. The van der Waals surface area contributed by atoms with Gasteiger partial charge >= 0.3 is 0 Å². The van der Waals surface area contributed by atoms with Crippen LogP contribution in [0.25, 0.3) is 21.8 Å². The van der Waals surface area contributed by atoms with Crippen LogP contribution in [0, 0.1) is 6.92 Å². The van der Waals surface area contributed by atoms with Crippen LogP contribution in [0.5, 0.6) is 0 Å². The SMILES string of the molecule is Br.C/C(=N/Nc1nc(-c2ccc(C)cc2)cs1)c1csc(-c2ccccc2)n1. The van der Waals surface area contributed by atoms with E-state index in [9.17, 15) is 0 Å². The van der Waals surface area contributed by atoms with Crippen molar-refractivity contribution in [2.75, 3.05) is 5.43 Å². The van der Waals surface area contributed by atoms with Gasteiger partial charge in [-0.2, -0.15) is 5.10 Å². The molecule has 0 aliphatic carbocycles. The number of aromatic nitrogens is 2. The number of thiazole rings is 2. The predicted molar refractivity (Wildman–Crippen MR) is 126 cm³/mol. The van der Waals surface area contributed by atoms with Crippen molar-refractivity contribution in [1.29, 1.82) is 0 Å². The molecule has 0 bridgehead atoms. The molecule has 28 heavy (non-hydrogen) atoms. The van der Waals surface area contributed by atoms with Gasteiger partial charge in [-0.15, -0.1) is 39.7 Å². The lowest BCUT2D eigenvalue weighted by atomic mass is 10.1. The molecule has 0 saturated heterocycles. The molecule has 4 aromatic rings. The summed E-state index contributed by atoms with van der Waals surface area (Å²) >= 11 is 3.16. The Labute approximate surface area is 182 Å². The van der Waals surface area contributed by atoms with E-state index in [2.05, 4.69) is 63.8 Å². The quantitative estimate of drug-likeness (QED) is 0.262. The molecular weight excluding hydrogens is 452 g/mol. The molecule has 1 N–H and O–H groups in total. The molecule has 7 heteroatoms. The van der Waals surface area contributed by atoms with Crippen molar-refractivity contribution in [2.24, 2.45) is 5.10 Å². The molecular formula is C21H19BrN4S2. The van der Waals surface area contributed by atoms with Gasteiger partial charge in [0.2, 0.25) is 5.13 Å². The fourth-order valence-electron chi connectivity index (χ4n) is 2.52. The zero-order chi connectivity index (χ0) is 18.6. The number of aryl methyl sites for hydroxylation is 1. The van der Waals surface area contributed by atoms with Gasteiger partial charge in [0.25, 0.3) is 0 Å². The third-order valence-corrected chi connectivity index (χ3v) is 5.70. The number of hydrogen-bond acceptors (Lipinski definition) is 6. The third kappa shape index (κ3) is 4.73. The second-order valence-electron chi connectivity index (χ2n) is 6.12. The lowest BCUT2D eigenvalue weighted by molar-refractivity contribution is 1.25. The standard InChI is InChI=1S/C21H18N4S2.BrH/c1-14-8-10-16(11-9-14)19-13-27-21(23-19)25-24-15(2)18-12-26-20(22-18)17-6-4-3-5-7-17;/h3-13H,1-2H3,(H,23,25);1H/b24-15-;. The van der Waals surface area contributed by atoms with E-state index in [1.54, 1.807) is 22.7 Å². The maximum atomic E-state index is 4.68. The molecule has 0 saturated carbocycles. The Morgan fingerprint density at radius 3 is 2.39 bits per heavy atom. The fourth-order valence-corrected chi connectivity index (χ4v) is 4.06. The van der Waals surface area contributed by atoms with Gasteiger partial charge in [-0.05, 0) is 13.8 Å². The van der Waals surface area contributed by atoms with Gasteiger partial charge in [-0.25, -0.2) is 9.97 Å². The largest absolute Gasteiger partial charge is 0.252 e. The first-order chi connectivity index (χ1) is 13.2. The van der Waals surface area contributed by atoms with E-state index in [0.29, 0.717) is 0 Å². The van der Waals surface area contributed by atoms with Crippen LogP contribution in [-0.2, 0) is 0 Å². The van der Waals surface area contributed by atoms with Crippen molar-refractivity contribution in [3.8, 4) is 21.8 Å². The van der Waals surface area contributed by atoms with Crippen molar-refractivity contribution in [3.05, 3.63) is 76.6 Å². The van der Waals surface area contributed by atoms with Crippen LogP contribution in [-0.4, -0.2) is 15.7 Å². The summed E-state index contributed by atoms with van der Waals surface area (Å²) in [6.07, 6.45) is 0. The highest BCUT2D eigenvalue weighted by Crippen LogP contribution is 2.26. The number of nitrogens with one attached hydrogen (secondary N) is 1. The molecule has 0 aliphatic rings. The Morgan fingerprint density at radius 2 is 1.64 bits per heavy atom.